The molecule has 0 N–H and O–H groups in total. The molecule has 0 saturated heterocycles. The van der Waals surface area contributed by atoms with Crippen molar-refractivity contribution < 1.29 is 9.53 Å². The van der Waals surface area contributed by atoms with Crippen LogP contribution in [0.1, 0.15) is 0 Å². The number of halogens is 1. The third-order valence-electron chi connectivity index (χ3n) is 2.47. The second-order valence-electron chi connectivity index (χ2n) is 3.56. The summed E-state index contributed by atoms with van der Waals surface area (Å²) in [5.74, 6) is 1.24. The second kappa shape index (κ2) is 4.59. The largest absolute Gasteiger partial charge is 0.497 e. The number of aromatic nitrogens is 1. The number of ether oxygens (including phenoxy) is 1. The van der Waals surface area contributed by atoms with Crippen molar-refractivity contribution in [2.45, 2.75) is 0 Å². The Morgan fingerprint density at radius 2 is 2.18 bits per heavy atom. The molecule has 1 aromatic heterocycles. The number of benzene rings is 1. The van der Waals surface area contributed by atoms with Crippen LogP contribution in [0.15, 0.2) is 24.3 Å². The average Bonchev–Trinajstić information content (AvgIpc) is 2.37. The molecule has 17 heavy (non-hydrogen) atoms. The van der Waals surface area contributed by atoms with E-state index < -0.39 is 0 Å². The standard InChI is InChI=1S/C12H11ClN2O2/c1-15(7-16)12-6-10(13)9-5-8(17-2)3-4-11(9)14-12/h3-7H,1-2H3. The van der Waals surface area contributed by atoms with Crippen molar-refractivity contribution in [3.8, 4) is 5.75 Å². The number of nitrogens with zero attached hydrogens (tertiary/aromatic N) is 2. The third kappa shape index (κ3) is 2.17. The fourth-order valence-corrected chi connectivity index (χ4v) is 1.76. The number of carbonyl (C=O) groups excluding carboxylic acids is 1. The highest BCUT2D eigenvalue weighted by Crippen LogP contribution is 2.29. The minimum Gasteiger partial charge on any atom is -0.497 e. The van der Waals surface area contributed by atoms with E-state index in [1.807, 2.05) is 12.1 Å². The molecule has 0 fully saturated rings. The highest BCUT2D eigenvalue weighted by molar-refractivity contribution is 6.35. The van der Waals surface area contributed by atoms with Crippen LogP contribution in [-0.2, 0) is 4.79 Å². The predicted molar refractivity (Wildman–Crippen MR) is 67.8 cm³/mol. The van der Waals surface area contributed by atoms with Gasteiger partial charge in [-0.2, -0.15) is 0 Å². The maximum atomic E-state index is 10.7. The van der Waals surface area contributed by atoms with E-state index >= 15 is 0 Å². The van der Waals surface area contributed by atoms with Crippen molar-refractivity contribution in [2.75, 3.05) is 19.1 Å². The fourth-order valence-electron chi connectivity index (χ4n) is 1.51. The Labute approximate surface area is 104 Å². The van der Waals surface area contributed by atoms with Gasteiger partial charge in [-0.05, 0) is 18.2 Å². The molecule has 0 radical (unpaired) electrons. The first-order valence-corrected chi connectivity index (χ1v) is 5.36. The Kier molecular flexibility index (Phi) is 3.15. The first kappa shape index (κ1) is 11.7. The number of hydrogen-bond donors (Lipinski definition) is 0. The van der Waals surface area contributed by atoms with Crippen LogP contribution in [0.4, 0.5) is 5.82 Å². The van der Waals surface area contributed by atoms with Gasteiger partial charge in [0.2, 0.25) is 6.41 Å². The number of methoxy groups -OCH3 is 1. The van der Waals surface area contributed by atoms with Gasteiger partial charge in [0.05, 0.1) is 17.6 Å². The summed E-state index contributed by atoms with van der Waals surface area (Å²) in [7, 11) is 3.22. The molecule has 2 rings (SSSR count). The second-order valence-corrected chi connectivity index (χ2v) is 3.97. The van der Waals surface area contributed by atoms with Crippen molar-refractivity contribution >= 4 is 34.7 Å². The molecular formula is C12H11ClN2O2. The topological polar surface area (TPSA) is 42.4 Å². The molecule has 0 atom stereocenters. The summed E-state index contributed by atoms with van der Waals surface area (Å²) in [5.41, 5.74) is 0.724. The van der Waals surface area contributed by atoms with Crippen molar-refractivity contribution in [1.82, 2.24) is 4.98 Å². The maximum Gasteiger partial charge on any atom is 0.215 e. The number of rotatable bonds is 3. The Hall–Kier alpha value is -1.81. The van der Waals surface area contributed by atoms with Gasteiger partial charge in [-0.3, -0.25) is 4.79 Å². The van der Waals surface area contributed by atoms with Crippen LogP contribution in [0.5, 0.6) is 5.75 Å². The number of fused-ring (bicyclic) bond motifs is 1. The van der Waals surface area contributed by atoms with Gasteiger partial charge in [0.15, 0.2) is 0 Å². The first-order chi connectivity index (χ1) is 8.15. The zero-order valence-corrected chi connectivity index (χ0v) is 10.2. The molecule has 2 aromatic rings. The van der Waals surface area contributed by atoms with Gasteiger partial charge in [0.1, 0.15) is 11.6 Å². The fraction of sp³-hybridized carbons (Fsp3) is 0.167. The molecule has 1 amide bonds. The smallest absolute Gasteiger partial charge is 0.215 e. The number of amides is 1. The molecule has 1 aromatic carbocycles. The molecule has 0 aliphatic carbocycles. The maximum absolute atomic E-state index is 10.7. The molecule has 0 spiro atoms. The molecule has 5 heteroatoms. The molecule has 1 heterocycles. The lowest BCUT2D eigenvalue weighted by molar-refractivity contribution is -0.107. The minimum absolute atomic E-state index is 0.516. The molecular weight excluding hydrogens is 240 g/mol. The van der Waals surface area contributed by atoms with Gasteiger partial charge in [-0.15, -0.1) is 0 Å². The molecule has 0 saturated carbocycles. The van der Waals surface area contributed by atoms with Crippen LogP contribution in [-0.4, -0.2) is 25.6 Å². The normalized spacial score (nSPS) is 10.3. The summed E-state index contributed by atoms with van der Waals surface area (Å²) in [5, 5.41) is 1.34. The number of hydrogen-bond acceptors (Lipinski definition) is 3. The minimum atomic E-state index is 0.516. The highest BCUT2D eigenvalue weighted by Gasteiger charge is 2.08. The average molecular weight is 251 g/mol. The summed E-state index contributed by atoms with van der Waals surface area (Å²) < 4.78 is 5.12. The lowest BCUT2D eigenvalue weighted by atomic mass is 10.2. The van der Waals surface area contributed by atoms with Gasteiger partial charge in [-0.25, -0.2) is 4.98 Å². The zero-order chi connectivity index (χ0) is 12.4. The van der Waals surface area contributed by atoms with E-state index in [0.29, 0.717) is 17.3 Å². The molecule has 0 aliphatic rings. The lowest BCUT2D eigenvalue weighted by Gasteiger charge is -2.11. The van der Waals surface area contributed by atoms with Gasteiger partial charge in [0.25, 0.3) is 0 Å². The quantitative estimate of drug-likeness (QED) is 0.786. The summed E-state index contributed by atoms with van der Waals surface area (Å²) in [6, 6.07) is 7.08. The molecule has 88 valence electrons. The van der Waals surface area contributed by atoms with Crippen LogP contribution < -0.4 is 9.64 Å². The zero-order valence-electron chi connectivity index (χ0n) is 9.48. The van der Waals surface area contributed by atoms with Gasteiger partial charge in [0, 0.05) is 18.5 Å². The SMILES string of the molecule is COc1ccc2nc(N(C)C=O)cc(Cl)c2c1. The molecule has 0 bridgehead atoms. The van der Waals surface area contributed by atoms with E-state index in [-0.39, 0.29) is 0 Å². The lowest BCUT2D eigenvalue weighted by Crippen LogP contribution is -2.15. The molecule has 0 aliphatic heterocycles. The van der Waals surface area contributed by atoms with Crippen LogP contribution in [0.3, 0.4) is 0 Å². The van der Waals surface area contributed by atoms with Crippen LogP contribution >= 0.6 is 11.6 Å². The summed E-state index contributed by atoms with van der Waals surface area (Å²) in [6.45, 7) is 0. The van der Waals surface area contributed by atoms with Crippen molar-refractivity contribution in [1.29, 1.82) is 0 Å². The van der Waals surface area contributed by atoms with Gasteiger partial charge in [-0.1, -0.05) is 11.6 Å². The van der Waals surface area contributed by atoms with Crippen LogP contribution in [0.25, 0.3) is 10.9 Å². The summed E-state index contributed by atoms with van der Waals surface area (Å²) in [6.07, 6.45) is 0.689. The Balaban J connectivity index is 2.63. The number of anilines is 1. The van der Waals surface area contributed by atoms with Gasteiger partial charge >= 0.3 is 0 Å². The van der Waals surface area contributed by atoms with E-state index in [9.17, 15) is 4.79 Å². The van der Waals surface area contributed by atoms with Crippen molar-refractivity contribution in [2.24, 2.45) is 0 Å². The van der Waals surface area contributed by atoms with Gasteiger partial charge < -0.3 is 9.64 Å². The molecule has 0 unspecified atom stereocenters. The van der Waals surface area contributed by atoms with E-state index in [0.717, 1.165) is 16.7 Å². The van der Waals surface area contributed by atoms with E-state index in [4.69, 9.17) is 16.3 Å². The Bertz CT molecular complexity index is 572. The van der Waals surface area contributed by atoms with Crippen LogP contribution in [0.2, 0.25) is 5.02 Å². The number of pyridine rings is 1. The molecule has 4 nitrogen and oxygen atoms in total. The highest BCUT2D eigenvalue weighted by atomic mass is 35.5. The number of carbonyl (C=O) groups is 1. The van der Waals surface area contributed by atoms with Crippen molar-refractivity contribution in [3.63, 3.8) is 0 Å². The van der Waals surface area contributed by atoms with E-state index in [1.54, 1.807) is 26.3 Å². The van der Waals surface area contributed by atoms with Crippen LogP contribution in [0, 0.1) is 0 Å². The van der Waals surface area contributed by atoms with E-state index in [2.05, 4.69) is 4.98 Å². The summed E-state index contributed by atoms with van der Waals surface area (Å²) in [4.78, 5) is 16.4. The van der Waals surface area contributed by atoms with E-state index in [1.165, 1.54) is 4.90 Å². The predicted octanol–water partition coefficient (Wildman–Crippen LogP) is 2.49. The Morgan fingerprint density at radius 1 is 1.41 bits per heavy atom. The third-order valence-corrected chi connectivity index (χ3v) is 2.78. The summed E-state index contributed by atoms with van der Waals surface area (Å²) >= 11 is 6.15. The first-order valence-electron chi connectivity index (χ1n) is 4.98. The van der Waals surface area contributed by atoms with Crippen molar-refractivity contribution in [3.05, 3.63) is 29.3 Å². The Morgan fingerprint density at radius 3 is 2.82 bits per heavy atom. The monoisotopic (exact) mass is 250 g/mol.